The van der Waals surface area contributed by atoms with Gasteiger partial charge in [0.1, 0.15) is 0 Å². The highest BCUT2D eigenvalue weighted by Crippen LogP contribution is 2.35. The Morgan fingerprint density at radius 3 is 2.80 bits per heavy atom. The third-order valence-electron chi connectivity index (χ3n) is 4.86. The highest BCUT2D eigenvalue weighted by atomic mass is 14.7. The van der Waals surface area contributed by atoms with Crippen LogP contribution in [0.4, 0.5) is 0 Å². The first-order chi connectivity index (χ1) is 12.3. The second-order valence-corrected chi connectivity index (χ2v) is 6.65. The Labute approximate surface area is 147 Å². The van der Waals surface area contributed by atoms with Gasteiger partial charge in [0.05, 0.1) is 11.2 Å². The number of nitrogens with two attached hydrogens (primary N) is 1. The van der Waals surface area contributed by atoms with E-state index in [9.17, 15) is 0 Å². The van der Waals surface area contributed by atoms with Gasteiger partial charge in [-0.25, -0.2) is 0 Å². The van der Waals surface area contributed by atoms with Gasteiger partial charge in [-0.2, -0.15) is 0 Å². The fourth-order valence-corrected chi connectivity index (χ4v) is 3.62. The lowest BCUT2D eigenvalue weighted by atomic mass is 9.97. The van der Waals surface area contributed by atoms with Crippen molar-refractivity contribution in [2.45, 2.75) is 26.2 Å². The van der Waals surface area contributed by atoms with E-state index in [1.165, 1.54) is 38.7 Å². The summed E-state index contributed by atoms with van der Waals surface area (Å²) in [5, 5.41) is 2.52. The summed E-state index contributed by atoms with van der Waals surface area (Å²) in [6.45, 7) is 2.90. The summed E-state index contributed by atoms with van der Waals surface area (Å²) in [7, 11) is 0. The number of H-pyrrole nitrogens is 1. The fraction of sp³-hybridized carbons (Fsp3) is 0.227. The van der Waals surface area contributed by atoms with Gasteiger partial charge in [0.25, 0.3) is 0 Å². The van der Waals surface area contributed by atoms with Crippen molar-refractivity contribution in [3.8, 4) is 11.3 Å². The third kappa shape index (κ3) is 2.92. The van der Waals surface area contributed by atoms with Crippen LogP contribution in [0.2, 0.25) is 0 Å². The SMILES string of the molecule is Cc1ccc2[nH]c(-c3cccc4ncccc34)c(CCCCN)c2c1. The smallest absolute Gasteiger partial charge is 0.0708 e. The van der Waals surface area contributed by atoms with Crippen molar-refractivity contribution in [2.75, 3.05) is 6.54 Å². The second-order valence-electron chi connectivity index (χ2n) is 6.65. The van der Waals surface area contributed by atoms with Gasteiger partial charge >= 0.3 is 0 Å². The molecule has 3 N–H and O–H groups in total. The van der Waals surface area contributed by atoms with E-state index in [1.54, 1.807) is 0 Å². The molecule has 0 saturated heterocycles. The van der Waals surface area contributed by atoms with Crippen LogP contribution < -0.4 is 5.73 Å². The molecule has 4 rings (SSSR count). The van der Waals surface area contributed by atoms with E-state index in [0.717, 1.165) is 31.3 Å². The van der Waals surface area contributed by atoms with Gasteiger partial charge in [0, 0.05) is 28.0 Å². The number of aryl methyl sites for hydroxylation is 2. The zero-order valence-electron chi connectivity index (χ0n) is 14.5. The van der Waals surface area contributed by atoms with E-state index in [4.69, 9.17) is 5.73 Å². The molecular formula is C22H23N3. The lowest BCUT2D eigenvalue weighted by Crippen LogP contribution is -1.99. The summed E-state index contributed by atoms with van der Waals surface area (Å²) < 4.78 is 0. The minimum Gasteiger partial charge on any atom is -0.354 e. The van der Waals surface area contributed by atoms with Gasteiger partial charge in [-0.1, -0.05) is 29.8 Å². The van der Waals surface area contributed by atoms with Crippen LogP contribution >= 0.6 is 0 Å². The first kappa shape index (κ1) is 15.9. The number of benzene rings is 2. The Morgan fingerprint density at radius 1 is 1.00 bits per heavy atom. The zero-order valence-corrected chi connectivity index (χ0v) is 14.5. The first-order valence-electron chi connectivity index (χ1n) is 8.93. The first-order valence-corrected chi connectivity index (χ1v) is 8.93. The van der Waals surface area contributed by atoms with E-state index in [0.29, 0.717) is 0 Å². The Bertz CT molecular complexity index is 1020. The molecule has 3 heteroatoms. The van der Waals surface area contributed by atoms with Crippen LogP contribution in [0, 0.1) is 6.92 Å². The number of nitrogens with zero attached hydrogens (tertiary/aromatic N) is 1. The van der Waals surface area contributed by atoms with Crippen molar-refractivity contribution in [1.29, 1.82) is 0 Å². The normalized spacial score (nSPS) is 11.4. The minimum atomic E-state index is 0.745. The highest BCUT2D eigenvalue weighted by molar-refractivity contribution is 5.99. The molecule has 0 aliphatic rings. The molecule has 0 amide bonds. The number of aromatic amines is 1. The number of unbranched alkanes of at least 4 members (excludes halogenated alkanes) is 1. The van der Waals surface area contributed by atoms with Crippen molar-refractivity contribution in [2.24, 2.45) is 5.73 Å². The molecule has 0 bridgehead atoms. The second kappa shape index (κ2) is 6.69. The Kier molecular flexibility index (Phi) is 4.24. The van der Waals surface area contributed by atoms with Crippen LogP contribution in [0.1, 0.15) is 24.0 Å². The predicted molar refractivity (Wildman–Crippen MR) is 106 cm³/mol. The van der Waals surface area contributed by atoms with Gasteiger partial charge in [0.2, 0.25) is 0 Å². The maximum absolute atomic E-state index is 5.71. The molecule has 3 nitrogen and oxygen atoms in total. The minimum absolute atomic E-state index is 0.745. The summed E-state index contributed by atoms with van der Waals surface area (Å²) in [6, 6.07) is 17.1. The maximum Gasteiger partial charge on any atom is 0.0708 e. The van der Waals surface area contributed by atoms with Crippen molar-refractivity contribution in [1.82, 2.24) is 9.97 Å². The van der Waals surface area contributed by atoms with Gasteiger partial charge in [-0.05, 0) is 62.6 Å². The van der Waals surface area contributed by atoms with E-state index < -0.39 is 0 Å². The average Bonchev–Trinajstić information content (AvgIpc) is 2.99. The van der Waals surface area contributed by atoms with Crippen LogP contribution in [0.3, 0.4) is 0 Å². The highest BCUT2D eigenvalue weighted by Gasteiger charge is 2.15. The molecule has 2 heterocycles. The molecule has 126 valence electrons. The molecule has 0 radical (unpaired) electrons. The molecule has 0 aliphatic heterocycles. The average molecular weight is 329 g/mol. The zero-order chi connectivity index (χ0) is 17.2. The van der Waals surface area contributed by atoms with Crippen molar-refractivity contribution >= 4 is 21.8 Å². The maximum atomic E-state index is 5.71. The van der Waals surface area contributed by atoms with E-state index in [2.05, 4.69) is 59.4 Å². The van der Waals surface area contributed by atoms with Crippen molar-refractivity contribution < 1.29 is 0 Å². The molecule has 0 aliphatic carbocycles. The summed E-state index contributed by atoms with van der Waals surface area (Å²) in [5.41, 5.74) is 13.1. The topological polar surface area (TPSA) is 54.7 Å². The van der Waals surface area contributed by atoms with E-state index in [1.807, 2.05) is 12.3 Å². The monoisotopic (exact) mass is 329 g/mol. The van der Waals surface area contributed by atoms with E-state index >= 15 is 0 Å². The molecule has 0 spiro atoms. The molecule has 0 saturated carbocycles. The van der Waals surface area contributed by atoms with Crippen LogP contribution in [0.15, 0.2) is 54.7 Å². The fourth-order valence-electron chi connectivity index (χ4n) is 3.62. The largest absolute Gasteiger partial charge is 0.354 e. The number of fused-ring (bicyclic) bond motifs is 2. The van der Waals surface area contributed by atoms with E-state index in [-0.39, 0.29) is 0 Å². The van der Waals surface area contributed by atoms with Crippen LogP contribution in [-0.2, 0) is 6.42 Å². The molecule has 2 aromatic heterocycles. The predicted octanol–water partition coefficient (Wildman–Crippen LogP) is 4.97. The number of aromatic nitrogens is 2. The summed E-state index contributed by atoms with van der Waals surface area (Å²) in [4.78, 5) is 8.18. The van der Waals surface area contributed by atoms with Crippen LogP contribution in [-0.4, -0.2) is 16.5 Å². The quantitative estimate of drug-likeness (QED) is 0.508. The molecule has 4 aromatic rings. The molecule has 0 fully saturated rings. The van der Waals surface area contributed by atoms with Crippen molar-refractivity contribution in [3.63, 3.8) is 0 Å². The standard InChI is InChI=1S/C22H23N3/c1-15-10-11-21-19(14-15)18(6-2-3-12-23)22(25-21)17-7-4-9-20-16(17)8-5-13-24-20/h4-5,7-11,13-14,25H,2-3,6,12,23H2,1H3. The Balaban J connectivity index is 1.94. The molecular weight excluding hydrogens is 306 g/mol. The molecule has 0 atom stereocenters. The number of pyridine rings is 1. The van der Waals surface area contributed by atoms with Gasteiger partial charge in [-0.3, -0.25) is 4.98 Å². The lowest BCUT2D eigenvalue weighted by molar-refractivity contribution is 0.748. The Hall–Kier alpha value is -2.65. The lowest BCUT2D eigenvalue weighted by Gasteiger charge is -2.08. The molecule has 0 unspecified atom stereocenters. The third-order valence-corrected chi connectivity index (χ3v) is 4.86. The summed E-state index contributed by atoms with van der Waals surface area (Å²) in [6.07, 6.45) is 5.04. The van der Waals surface area contributed by atoms with Crippen molar-refractivity contribution in [3.05, 3.63) is 65.9 Å². The Morgan fingerprint density at radius 2 is 1.92 bits per heavy atom. The molecule has 25 heavy (non-hydrogen) atoms. The van der Waals surface area contributed by atoms with Gasteiger partial charge in [0.15, 0.2) is 0 Å². The number of hydrogen-bond acceptors (Lipinski definition) is 2. The molecule has 2 aromatic carbocycles. The number of nitrogens with one attached hydrogen (secondary N) is 1. The number of hydrogen-bond donors (Lipinski definition) is 2. The summed E-state index contributed by atoms with van der Waals surface area (Å²) in [5.74, 6) is 0. The van der Waals surface area contributed by atoms with Gasteiger partial charge in [-0.15, -0.1) is 0 Å². The van der Waals surface area contributed by atoms with Gasteiger partial charge < -0.3 is 10.7 Å². The summed E-state index contributed by atoms with van der Waals surface area (Å²) >= 11 is 0. The van der Waals surface area contributed by atoms with Crippen LogP contribution in [0.25, 0.3) is 33.1 Å². The number of rotatable bonds is 5. The van der Waals surface area contributed by atoms with Crippen LogP contribution in [0.5, 0.6) is 0 Å².